The van der Waals surface area contributed by atoms with Crippen LogP contribution in [0.3, 0.4) is 0 Å². The molecule has 0 aromatic carbocycles. The molecule has 5 heteroatoms. The Kier molecular flexibility index (Phi) is 7.81. The maximum atomic E-state index is 11.2. The van der Waals surface area contributed by atoms with Crippen LogP contribution < -0.4 is 11.1 Å². The van der Waals surface area contributed by atoms with Crippen LogP contribution >= 0.6 is 0 Å². The number of urea groups is 1. The van der Waals surface area contributed by atoms with Crippen molar-refractivity contribution in [1.29, 1.82) is 0 Å². The maximum absolute atomic E-state index is 11.2. The van der Waals surface area contributed by atoms with Crippen LogP contribution in [0.1, 0.15) is 86.0 Å². The Hall–Kier alpha value is -0.810. The average molecular weight is 328 g/mol. The van der Waals surface area contributed by atoms with Crippen molar-refractivity contribution < 1.29 is 9.63 Å². The highest BCUT2D eigenvalue weighted by atomic mass is 16.7. The second kappa shape index (κ2) is 8.88. The van der Waals surface area contributed by atoms with Crippen molar-refractivity contribution in [2.45, 2.75) is 103 Å². The number of unbranched alkanes of at least 4 members (excludes halogenated alkanes) is 5. The predicted octanol–water partition coefficient (Wildman–Crippen LogP) is 3.97. The average Bonchev–Trinajstić information content (AvgIpc) is 2.38. The first-order chi connectivity index (χ1) is 10.7. The molecule has 1 rings (SSSR count). The van der Waals surface area contributed by atoms with Gasteiger partial charge in [-0.05, 0) is 47.0 Å². The van der Waals surface area contributed by atoms with E-state index in [2.05, 4.69) is 45.0 Å². The molecule has 5 nitrogen and oxygen atoms in total. The topological polar surface area (TPSA) is 67.6 Å². The molecule has 23 heavy (non-hydrogen) atoms. The van der Waals surface area contributed by atoms with Gasteiger partial charge >= 0.3 is 6.03 Å². The number of hydrogen-bond acceptors (Lipinski definition) is 3. The number of carbonyl (C=O) groups is 1. The van der Waals surface area contributed by atoms with Gasteiger partial charge in [-0.3, -0.25) is 4.84 Å². The van der Waals surface area contributed by atoms with Gasteiger partial charge in [-0.2, -0.15) is 5.06 Å². The summed E-state index contributed by atoms with van der Waals surface area (Å²) in [5, 5.41) is 5.01. The minimum Gasteiger partial charge on any atom is -0.352 e. The minimum atomic E-state index is -0.442. The third kappa shape index (κ3) is 6.68. The molecule has 0 aliphatic carbocycles. The number of hydrogen-bond donors (Lipinski definition) is 2. The highest BCUT2D eigenvalue weighted by Crippen LogP contribution is 2.38. The van der Waals surface area contributed by atoms with Crippen molar-refractivity contribution in [3.8, 4) is 0 Å². The molecule has 0 saturated carbocycles. The zero-order valence-corrected chi connectivity index (χ0v) is 15.8. The van der Waals surface area contributed by atoms with Gasteiger partial charge in [0.2, 0.25) is 0 Å². The fourth-order valence-electron chi connectivity index (χ4n) is 3.95. The highest BCUT2D eigenvalue weighted by molar-refractivity contribution is 5.72. The molecule has 1 aliphatic rings. The third-order valence-corrected chi connectivity index (χ3v) is 4.66. The molecule has 136 valence electrons. The minimum absolute atomic E-state index is 0.103. The summed E-state index contributed by atoms with van der Waals surface area (Å²) in [6.07, 6.45) is 9.28. The van der Waals surface area contributed by atoms with Gasteiger partial charge in [-0.25, -0.2) is 4.79 Å². The molecule has 0 radical (unpaired) electrons. The zero-order chi connectivity index (χ0) is 17.5. The van der Waals surface area contributed by atoms with E-state index in [1.165, 1.54) is 32.1 Å². The van der Waals surface area contributed by atoms with Gasteiger partial charge < -0.3 is 11.1 Å². The number of nitrogens with zero attached hydrogens (tertiary/aromatic N) is 1. The molecule has 1 heterocycles. The summed E-state index contributed by atoms with van der Waals surface area (Å²) in [7, 11) is 0. The van der Waals surface area contributed by atoms with Gasteiger partial charge in [-0.1, -0.05) is 39.0 Å². The molecule has 1 aliphatic heterocycles. The summed E-state index contributed by atoms with van der Waals surface area (Å²) < 4.78 is 0. The number of nitrogens with two attached hydrogens (primary N) is 1. The van der Waals surface area contributed by atoms with E-state index in [-0.39, 0.29) is 17.1 Å². The van der Waals surface area contributed by atoms with Crippen molar-refractivity contribution in [2.24, 2.45) is 5.73 Å². The molecule has 0 unspecified atom stereocenters. The molecule has 3 N–H and O–H groups in total. The Morgan fingerprint density at radius 1 is 1.09 bits per heavy atom. The van der Waals surface area contributed by atoms with E-state index in [9.17, 15) is 4.79 Å². The third-order valence-electron chi connectivity index (χ3n) is 4.66. The molecule has 0 spiro atoms. The zero-order valence-electron chi connectivity index (χ0n) is 15.8. The highest BCUT2D eigenvalue weighted by Gasteiger charge is 2.46. The molecule has 0 aromatic rings. The lowest BCUT2D eigenvalue weighted by atomic mass is 9.79. The molecule has 0 aromatic heterocycles. The summed E-state index contributed by atoms with van der Waals surface area (Å²) in [5.74, 6) is 0. The van der Waals surface area contributed by atoms with E-state index in [1.54, 1.807) is 0 Å². The van der Waals surface area contributed by atoms with E-state index in [4.69, 9.17) is 10.6 Å². The van der Waals surface area contributed by atoms with Crippen molar-refractivity contribution in [3.63, 3.8) is 0 Å². The van der Waals surface area contributed by atoms with Crippen LogP contribution in [0.2, 0.25) is 0 Å². The van der Waals surface area contributed by atoms with Gasteiger partial charge in [-0.15, -0.1) is 0 Å². The standard InChI is InChI=1S/C18H37N3O2/c1-6-7-8-9-10-11-12-23-21-17(2,3)13-15(20-16(19)22)14-18(21,4)5/h15H,6-14H2,1-5H3,(H3,19,20,22). The van der Waals surface area contributed by atoms with E-state index < -0.39 is 6.03 Å². The number of primary amides is 1. The number of carbonyl (C=O) groups excluding carboxylic acids is 1. The number of amides is 2. The van der Waals surface area contributed by atoms with Gasteiger partial charge in [0.05, 0.1) is 6.61 Å². The SMILES string of the molecule is CCCCCCCCON1C(C)(C)CC(NC(N)=O)CC1(C)C. The Morgan fingerprint density at radius 3 is 2.13 bits per heavy atom. The van der Waals surface area contributed by atoms with Gasteiger partial charge in [0.1, 0.15) is 0 Å². The number of rotatable bonds is 9. The summed E-state index contributed by atoms with van der Waals surface area (Å²) in [6, 6.07) is -0.338. The predicted molar refractivity (Wildman–Crippen MR) is 95.1 cm³/mol. The second-order valence-corrected chi connectivity index (χ2v) is 8.13. The van der Waals surface area contributed by atoms with E-state index in [0.717, 1.165) is 25.9 Å². The Balaban J connectivity index is 2.46. The fraction of sp³-hybridized carbons (Fsp3) is 0.944. The Morgan fingerprint density at radius 2 is 1.61 bits per heavy atom. The molecule has 2 amide bonds. The van der Waals surface area contributed by atoms with E-state index in [0.29, 0.717) is 0 Å². The van der Waals surface area contributed by atoms with Crippen LogP contribution in [0.4, 0.5) is 4.79 Å². The fourth-order valence-corrected chi connectivity index (χ4v) is 3.95. The van der Waals surface area contributed by atoms with Crippen molar-refractivity contribution in [3.05, 3.63) is 0 Å². The molecule has 1 fully saturated rings. The summed E-state index contributed by atoms with van der Waals surface area (Å²) in [5.41, 5.74) is 5.03. The molecule has 0 atom stereocenters. The summed E-state index contributed by atoms with van der Waals surface area (Å²) >= 11 is 0. The normalized spacial score (nSPS) is 21.3. The van der Waals surface area contributed by atoms with Crippen molar-refractivity contribution in [2.75, 3.05) is 6.61 Å². The van der Waals surface area contributed by atoms with Crippen molar-refractivity contribution >= 4 is 6.03 Å². The van der Waals surface area contributed by atoms with Gasteiger partial charge in [0, 0.05) is 17.1 Å². The smallest absolute Gasteiger partial charge is 0.312 e. The molecular formula is C18H37N3O2. The summed E-state index contributed by atoms with van der Waals surface area (Å²) in [6.45, 7) is 11.7. The number of piperidine rings is 1. The Bertz CT molecular complexity index is 351. The second-order valence-electron chi connectivity index (χ2n) is 8.13. The lowest BCUT2D eigenvalue weighted by Crippen LogP contribution is -2.64. The first-order valence-electron chi connectivity index (χ1n) is 9.18. The first-order valence-corrected chi connectivity index (χ1v) is 9.18. The van der Waals surface area contributed by atoms with Gasteiger partial charge in [0.15, 0.2) is 0 Å². The number of nitrogens with one attached hydrogen (secondary N) is 1. The van der Waals surface area contributed by atoms with Crippen LogP contribution in [-0.4, -0.2) is 34.8 Å². The molecule has 0 bridgehead atoms. The van der Waals surface area contributed by atoms with Crippen LogP contribution in [0.5, 0.6) is 0 Å². The van der Waals surface area contributed by atoms with E-state index >= 15 is 0 Å². The van der Waals surface area contributed by atoms with Crippen molar-refractivity contribution in [1.82, 2.24) is 10.4 Å². The van der Waals surface area contributed by atoms with Crippen LogP contribution in [-0.2, 0) is 4.84 Å². The summed E-state index contributed by atoms with van der Waals surface area (Å²) in [4.78, 5) is 17.3. The molecule has 1 saturated heterocycles. The van der Waals surface area contributed by atoms with E-state index in [1.807, 2.05) is 0 Å². The Labute approximate surface area is 142 Å². The monoisotopic (exact) mass is 327 g/mol. The van der Waals surface area contributed by atoms with Crippen LogP contribution in [0.25, 0.3) is 0 Å². The first kappa shape index (κ1) is 20.2. The van der Waals surface area contributed by atoms with Gasteiger partial charge in [0.25, 0.3) is 0 Å². The lowest BCUT2D eigenvalue weighted by Gasteiger charge is -2.53. The molecular weight excluding hydrogens is 290 g/mol. The lowest BCUT2D eigenvalue weighted by molar-refractivity contribution is -0.284. The number of hydroxylamine groups is 2. The quantitative estimate of drug-likeness (QED) is 0.630. The van der Waals surface area contributed by atoms with Crippen LogP contribution in [0.15, 0.2) is 0 Å². The van der Waals surface area contributed by atoms with Crippen LogP contribution in [0, 0.1) is 0 Å². The maximum Gasteiger partial charge on any atom is 0.312 e. The largest absolute Gasteiger partial charge is 0.352 e.